The van der Waals surface area contributed by atoms with E-state index >= 15 is 0 Å². The Labute approximate surface area is 260 Å². The number of phenols is 1. The summed E-state index contributed by atoms with van der Waals surface area (Å²) in [5, 5.41) is 10.9. The highest BCUT2D eigenvalue weighted by Crippen LogP contribution is 2.41. The molecule has 0 aliphatic carbocycles. The Balaban J connectivity index is 1.58. The molecule has 0 fully saturated rings. The summed E-state index contributed by atoms with van der Waals surface area (Å²) >= 11 is 0. The van der Waals surface area contributed by atoms with Crippen LogP contribution in [-0.2, 0) is 16.2 Å². The lowest BCUT2D eigenvalue weighted by atomic mass is 9.84. The first-order chi connectivity index (χ1) is 20.6. The van der Waals surface area contributed by atoms with E-state index in [0.29, 0.717) is 17.0 Å². The van der Waals surface area contributed by atoms with Gasteiger partial charge in [0.1, 0.15) is 11.3 Å². The van der Waals surface area contributed by atoms with Crippen molar-refractivity contribution in [2.45, 2.75) is 78.6 Å². The highest BCUT2D eigenvalue weighted by atomic mass is 16.3. The Morgan fingerprint density at radius 2 is 1.14 bits per heavy atom. The average molecular weight is 584 g/mol. The minimum absolute atomic E-state index is 0.0434. The van der Waals surface area contributed by atoms with Crippen molar-refractivity contribution in [3.05, 3.63) is 95.8 Å². The fourth-order valence-corrected chi connectivity index (χ4v) is 5.55. The Morgan fingerprint density at radius 3 is 1.77 bits per heavy atom. The van der Waals surface area contributed by atoms with Crippen molar-refractivity contribution in [2.24, 2.45) is 0 Å². The Bertz CT molecular complexity index is 2030. The second kappa shape index (κ2) is 10.3. The van der Waals surface area contributed by atoms with Crippen molar-refractivity contribution in [1.82, 2.24) is 15.0 Å². The van der Waals surface area contributed by atoms with E-state index in [2.05, 4.69) is 116 Å². The smallest absolute Gasteiger partial charge is 0.231 e. The molecule has 224 valence electrons. The van der Waals surface area contributed by atoms with Gasteiger partial charge in [-0.3, -0.25) is 9.97 Å². The van der Waals surface area contributed by atoms with Gasteiger partial charge in [-0.25, -0.2) is 4.98 Å². The molecule has 4 aromatic carbocycles. The number of phenolic OH excluding ortho intramolecular Hbond substituents is 1. The topological polar surface area (TPSA) is 72.0 Å². The van der Waals surface area contributed by atoms with E-state index in [9.17, 15) is 5.11 Å². The molecule has 0 unspecified atom stereocenters. The van der Waals surface area contributed by atoms with E-state index in [-0.39, 0.29) is 22.0 Å². The van der Waals surface area contributed by atoms with Crippen LogP contribution >= 0.6 is 0 Å². The summed E-state index contributed by atoms with van der Waals surface area (Å²) in [5.74, 6) is 0.557. The number of hydrogen-bond acceptors (Lipinski definition) is 5. The van der Waals surface area contributed by atoms with Gasteiger partial charge in [0.25, 0.3) is 0 Å². The van der Waals surface area contributed by atoms with Crippen LogP contribution in [0, 0.1) is 0 Å². The SMILES string of the molecule is CC(C)(C)c1ccc(O)c(-c2nc3c(-c4cccc(-c5cc(C(C)(C)C)cc6nccnc56)c4)cc(C(C)(C)C)cc3o2)c1. The van der Waals surface area contributed by atoms with Crippen LogP contribution in [0.2, 0.25) is 0 Å². The van der Waals surface area contributed by atoms with Gasteiger partial charge in [-0.1, -0.05) is 86.6 Å². The maximum atomic E-state index is 10.9. The summed E-state index contributed by atoms with van der Waals surface area (Å²) in [7, 11) is 0. The maximum Gasteiger partial charge on any atom is 0.231 e. The molecule has 5 heteroatoms. The molecule has 0 spiro atoms. The maximum absolute atomic E-state index is 10.9. The van der Waals surface area contributed by atoms with Crippen LogP contribution in [-0.4, -0.2) is 20.1 Å². The van der Waals surface area contributed by atoms with Gasteiger partial charge < -0.3 is 9.52 Å². The van der Waals surface area contributed by atoms with Crippen molar-refractivity contribution in [3.63, 3.8) is 0 Å². The third-order valence-corrected chi connectivity index (χ3v) is 8.38. The molecule has 2 heterocycles. The minimum Gasteiger partial charge on any atom is -0.507 e. The van der Waals surface area contributed by atoms with E-state index in [4.69, 9.17) is 14.4 Å². The number of oxazole rings is 1. The number of fused-ring (bicyclic) bond motifs is 2. The van der Waals surface area contributed by atoms with Gasteiger partial charge >= 0.3 is 0 Å². The zero-order chi connectivity index (χ0) is 31.6. The number of aromatic nitrogens is 3. The quantitative estimate of drug-likeness (QED) is 0.224. The van der Waals surface area contributed by atoms with Gasteiger partial charge in [0.15, 0.2) is 5.58 Å². The number of rotatable bonds is 3. The zero-order valence-corrected chi connectivity index (χ0v) is 27.2. The predicted molar refractivity (Wildman–Crippen MR) is 181 cm³/mol. The van der Waals surface area contributed by atoms with E-state index in [1.54, 1.807) is 18.5 Å². The normalized spacial score (nSPS) is 12.8. The zero-order valence-electron chi connectivity index (χ0n) is 27.2. The van der Waals surface area contributed by atoms with Crippen molar-refractivity contribution in [1.29, 1.82) is 0 Å². The largest absolute Gasteiger partial charge is 0.507 e. The van der Waals surface area contributed by atoms with E-state index in [0.717, 1.165) is 49.9 Å². The second-order valence-electron chi connectivity index (χ2n) is 14.9. The lowest BCUT2D eigenvalue weighted by Crippen LogP contribution is -2.11. The fraction of sp³-hybridized carbons (Fsp3) is 0.308. The molecule has 6 rings (SSSR count). The van der Waals surface area contributed by atoms with Crippen molar-refractivity contribution in [2.75, 3.05) is 0 Å². The standard InChI is InChI=1S/C39H41N3O2/c1-37(2,3)25-13-14-32(43)30(18-25)36-42-35-29(20-27(39(7,8)9)22-33(35)44-36)24-12-10-11-23(17-24)28-19-26(38(4,5)6)21-31-34(28)41-16-15-40-31/h10-22,43H,1-9H3. The molecule has 0 bridgehead atoms. The minimum atomic E-state index is -0.116. The summed E-state index contributed by atoms with van der Waals surface area (Å²) in [6.45, 7) is 19.7. The molecule has 0 aliphatic rings. The van der Waals surface area contributed by atoms with Crippen LogP contribution in [0.15, 0.2) is 83.5 Å². The number of hydrogen-bond donors (Lipinski definition) is 1. The first kappa shape index (κ1) is 29.6. The Hall–Kier alpha value is -4.51. The molecule has 0 saturated heterocycles. The Kier molecular flexibility index (Phi) is 6.92. The molecule has 0 atom stereocenters. The predicted octanol–water partition coefficient (Wildman–Crippen LogP) is 10.4. The van der Waals surface area contributed by atoms with Crippen LogP contribution < -0.4 is 0 Å². The molecule has 2 aromatic heterocycles. The van der Waals surface area contributed by atoms with Crippen LogP contribution in [0.4, 0.5) is 0 Å². The number of benzene rings is 4. The van der Waals surface area contributed by atoms with Crippen molar-refractivity contribution < 1.29 is 9.52 Å². The van der Waals surface area contributed by atoms with E-state index in [1.165, 1.54) is 5.56 Å². The van der Waals surface area contributed by atoms with Crippen LogP contribution in [0.3, 0.4) is 0 Å². The second-order valence-corrected chi connectivity index (χ2v) is 14.9. The highest BCUT2D eigenvalue weighted by molar-refractivity contribution is 5.97. The molecule has 5 nitrogen and oxygen atoms in total. The van der Waals surface area contributed by atoms with Gasteiger partial charge in [0.05, 0.1) is 16.6 Å². The molecule has 0 amide bonds. The number of nitrogens with zero attached hydrogens (tertiary/aromatic N) is 3. The Morgan fingerprint density at radius 1 is 0.568 bits per heavy atom. The first-order valence-corrected chi connectivity index (χ1v) is 15.2. The summed E-state index contributed by atoms with van der Waals surface area (Å²) in [6.07, 6.45) is 3.50. The fourth-order valence-electron chi connectivity index (χ4n) is 5.55. The van der Waals surface area contributed by atoms with Crippen molar-refractivity contribution in [3.8, 4) is 39.5 Å². The van der Waals surface area contributed by atoms with Crippen molar-refractivity contribution >= 4 is 22.1 Å². The molecular weight excluding hydrogens is 542 g/mol. The van der Waals surface area contributed by atoms with Crippen LogP contribution in [0.1, 0.15) is 79.0 Å². The lowest BCUT2D eigenvalue weighted by molar-refractivity contribution is 0.472. The molecule has 0 aliphatic heterocycles. The molecule has 1 N–H and O–H groups in total. The van der Waals surface area contributed by atoms with Crippen LogP contribution in [0.5, 0.6) is 5.75 Å². The first-order valence-electron chi connectivity index (χ1n) is 15.2. The molecular formula is C39H41N3O2. The van der Waals surface area contributed by atoms with Gasteiger partial charge in [-0.15, -0.1) is 0 Å². The molecule has 6 aromatic rings. The van der Waals surface area contributed by atoms with Gasteiger partial charge in [0, 0.05) is 23.5 Å². The van der Waals surface area contributed by atoms with E-state index in [1.807, 2.05) is 12.1 Å². The van der Waals surface area contributed by atoms with E-state index < -0.39 is 0 Å². The molecule has 44 heavy (non-hydrogen) atoms. The summed E-state index contributed by atoms with van der Waals surface area (Å²) in [5.41, 5.74) is 11.2. The lowest BCUT2D eigenvalue weighted by Gasteiger charge is -2.21. The summed E-state index contributed by atoms with van der Waals surface area (Å²) < 4.78 is 6.44. The monoisotopic (exact) mass is 583 g/mol. The highest BCUT2D eigenvalue weighted by Gasteiger charge is 2.24. The van der Waals surface area contributed by atoms with Gasteiger partial charge in [0.2, 0.25) is 5.89 Å². The average Bonchev–Trinajstić information content (AvgIpc) is 3.39. The van der Waals surface area contributed by atoms with Crippen LogP contribution in [0.25, 0.3) is 55.8 Å². The van der Waals surface area contributed by atoms with Gasteiger partial charge in [-0.2, -0.15) is 0 Å². The third kappa shape index (κ3) is 5.47. The van der Waals surface area contributed by atoms with Gasteiger partial charge in [-0.05, 0) is 86.5 Å². The summed E-state index contributed by atoms with van der Waals surface area (Å²) in [6, 6.07) is 22.9. The molecule has 0 saturated carbocycles. The number of aromatic hydroxyl groups is 1. The summed E-state index contributed by atoms with van der Waals surface area (Å²) in [4.78, 5) is 14.4. The third-order valence-electron chi connectivity index (χ3n) is 8.38. The molecule has 0 radical (unpaired) electrons.